The summed E-state index contributed by atoms with van der Waals surface area (Å²) in [7, 11) is 0. The summed E-state index contributed by atoms with van der Waals surface area (Å²) >= 11 is 0. The van der Waals surface area contributed by atoms with Crippen LogP contribution in [0.5, 0.6) is 0 Å². The number of carbonyl (C=O) groups excluding carboxylic acids is 2. The van der Waals surface area contributed by atoms with E-state index in [1.54, 1.807) is 24.3 Å². The third kappa shape index (κ3) is 4.26. The Hall–Kier alpha value is -2.46. The standard InChI is InChI=1S/C17H18N2O2/c1-12(20)14-8-5-9-15(11-14)19-17(21)16(18)10-13-6-3-2-4-7-13/h2-9,11,16H,10,18H2,1H3,(H,19,21). The van der Waals surface area contributed by atoms with Gasteiger partial charge in [-0.3, -0.25) is 9.59 Å². The number of ketones is 1. The average Bonchev–Trinajstić information content (AvgIpc) is 2.48. The van der Waals surface area contributed by atoms with Gasteiger partial charge in [0.1, 0.15) is 0 Å². The van der Waals surface area contributed by atoms with E-state index in [4.69, 9.17) is 5.73 Å². The summed E-state index contributed by atoms with van der Waals surface area (Å²) in [5.41, 5.74) is 8.07. The van der Waals surface area contributed by atoms with E-state index < -0.39 is 6.04 Å². The Morgan fingerprint density at radius 1 is 1.10 bits per heavy atom. The Bertz CT molecular complexity index is 638. The predicted molar refractivity (Wildman–Crippen MR) is 83.2 cm³/mol. The Morgan fingerprint density at radius 3 is 2.48 bits per heavy atom. The van der Waals surface area contributed by atoms with E-state index in [9.17, 15) is 9.59 Å². The van der Waals surface area contributed by atoms with Gasteiger partial charge in [-0.15, -0.1) is 0 Å². The Balaban J connectivity index is 2.00. The lowest BCUT2D eigenvalue weighted by molar-refractivity contribution is -0.117. The molecule has 21 heavy (non-hydrogen) atoms. The van der Waals surface area contributed by atoms with E-state index in [0.29, 0.717) is 17.7 Å². The first-order valence-corrected chi connectivity index (χ1v) is 6.77. The molecule has 0 aliphatic heterocycles. The lowest BCUT2D eigenvalue weighted by Gasteiger charge is -2.12. The molecule has 0 bridgehead atoms. The van der Waals surface area contributed by atoms with Gasteiger partial charge in [0, 0.05) is 11.3 Å². The first kappa shape index (κ1) is 14.9. The van der Waals surface area contributed by atoms with Crippen LogP contribution in [0.3, 0.4) is 0 Å². The maximum Gasteiger partial charge on any atom is 0.241 e. The minimum absolute atomic E-state index is 0.0420. The molecule has 108 valence electrons. The highest BCUT2D eigenvalue weighted by Gasteiger charge is 2.14. The van der Waals surface area contributed by atoms with Crippen molar-refractivity contribution in [3.63, 3.8) is 0 Å². The van der Waals surface area contributed by atoms with Crippen LogP contribution in [0.1, 0.15) is 22.8 Å². The van der Waals surface area contributed by atoms with E-state index in [1.807, 2.05) is 30.3 Å². The van der Waals surface area contributed by atoms with Crippen molar-refractivity contribution in [1.29, 1.82) is 0 Å². The monoisotopic (exact) mass is 282 g/mol. The minimum atomic E-state index is -0.631. The molecular formula is C17H18N2O2. The summed E-state index contributed by atoms with van der Waals surface area (Å²) in [6.45, 7) is 1.49. The molecule has 2 rings (SSSR count). The van der Waals surface area contributed by atoms with E-state index in [0.717, 1.165) is 5.56 Å². The highest BCUT2D eigenvalue weighted by molar-refractivity contribution is 5.98. The van der Waals surface area contributed by atoms with Crippen molar-refractivity contribution in [2.45, 2.75) is 19.4 Å². The SMILES string of the molecule is CC(=O)c1cccc(NC(=O)C(N)Cc2ccccc2)c1. The lowest BCUT2D eigenvalue weighted by atomic mass is 10.1. The number of nitrogens with two attached hydrogens (primary N) is 1. The zero-order valence-electron chi connectivity index (χ0n) is 11.9. The third-order valence-corrected chi connectivity index (χ3v) is 3.17. The third-order valence-electron chi connectivity index (χ3n) is 3.17. The fourth-order valence-electron chi connectivity index (χ4n) is 2.01. The van der Waals surface area contributed by atoms with Crippen molar-refractivity contribution in [1.82, 2.24) is 0 Å². The van der Waals surface area contributed by atoms with Crippen LogP contribution in [0.2, 0.25) is 0 Å². The zero-order valence-corrected chi connectivity index (χ0v) is 11.9. The van der Waals surface area contributed by atoms with Gasteiger partial charge in [-0.1, -0.05) is 42.5 Å². The van der Waals surface area contributed by atoms with Crippen molar-refractivity contribution in [3.05, 3.63) is 65.7 Å². The predicted octanol–water partition coefficient (Wildman–Crippen LogP) is 2.40. The van der Waals surface area contributed by atoms with Crippen LogP contribution in [0, 0.1) is 0 Å². The van der Waals surface area contributed by atoms with E-state index in [2.05, 4.69) is 5.32 Å². The summed E-state index contributed by atoms with van der Waals surface area (Å²) in [5.74, 6) is -0.306. The number of hydrogen-bond acceptors (Lipinski definition) is 3. The second kappa shape index (κ2) is 6.81. The van der Waals surface area contributed by atoms with Gasteiger partial charge in [-0.25, -0.2) is 0 Å². The number of nitrogens with one attached hydrogen (secondary N) is 1. The molecule has 0 heterocycles. The summed E-state index contributed by atoms with van der Waals surface area (Å²) in [6.07, 6.45) is 0.471. The number of amides is 1. The minimum Gasteiger partial charge on any atom is -0.325 e. The van der Waals surface area contributed by atoms with Gasteiger partial charge < -0.3 is 11.1 Å². The van der Waals surface area contributed by atoms with Crippen LogP contribution >= 0.6 is 0 Å². The van der Waals surface area contributed by atoms with Gasteiger partial charge in [-0.05, 0) is 31.0 Å². The topological polar surface area (TPSA) is 72.2 Å². The molecule has 1 unspecified atom stereocenters. The number of carbonyl (C=O) groups is 2. The van der Waals surface area contributed by atoms with Gasteiger partial charge in [-0.2, -0.15) is 0 Å². The van der Waals surface area contributed by atoms with E-state index >= 15 is 0 Å². The molecule has 2 aromatic rings. The van der Waals surface area contributed by atoms with Gasteiger partial charge in [0.15, 0.2) is 5.78 Å². The van der Waals surface area contributed by atoms with Crippen LogP contribution in [-0.4, -0.2) is 17.7 Å². The number of hydrogen-bond donors (Lipinski definition) is 2. The average molecular weight is 282 g/mol. The number of benzene rings is 2. The summed E-state index contributed by atoms with van der Waals surface area (Å²) < 4.78 is 0. The molecular weight excluding hydrogens is 264 g/mol. The van der Waals surface area contributed by atoms with Gasteiger partial charge in [0.2, 0.25) is 5.91 Å². The normalized spacial score (nSPS) is 11.7. The van der Waals surface area contributed by atoms with Gasteiger partial charge in [0.25, 0.3) is 0 Å². The highest BCUT2D eigenvalue weighted by Crippen LogP contribution is 2.12. The summed E-state index contributed by atoms with van der Waals surface area (Å²) in [5, 5.41) is 2.74. The van der Waals surface area contributed by atoms with Crippen molar-refractivity contribution >= 4 is 17.4 Å². The van der Waals surface area contributed by atoms with Crippen molar-refractivity contribution in [3.8, 4) is 0 Å². The van der Waals surface area contributed by atoms with Gasteiger partial charge in [0.05, 0.1) is 6.04 Å². The molecule has 0 aliphatic rings. The molecule has 4 nitrogen and oxygen atoms in total. The zero-order chi connectivity index (χ0) is 15.2. The van der Waals surface area contributed by atoms with E-state index in [1.165, 1.54) is 6.92 Å². The fraction of sp³-hybridized carbons (Fsp3) is 0.176. The molecule has 4 heteroatoms. The van der Waals surface area contributed by atoms with Gasteiger partial charge >= 0.3 is 0 Å². The number of rotatable bonds is 5. The molecule has 2 aromatic carbocycles. The van der Waals surface area contributed by atoms with Crippen LogP contribution in [0.25, 0.3) is 0 Å². The maximum atomic E-state index is 12.1. The molecule has 0 radical (unpaired) electrons. The number of Topliss-reactive ketones (excluding diaryl/α,β-unsaturated/α-hetero) is 1. The lowest BCUT2D eigenvalue weighted by Crippen LogP contribution is -2.37. The molecule has 1 amide bonds. The molecule has 0 saturated heterocycles. The second-order valence-electron chi connectivity index (χ2n) is 4.92. The Kier molecular flexibility index (Phi) is 4.85. The smallest absolute Gasteiger partial charge is 0.241 e. The molecule has 0 spiro atoms. The van der Waals surface area contributed by atoms with Crippen LogP contribution < -0.4 is 11.1 Å². The quantitative estimate of drug-likeness (QED) is 0.827. The van der Waals surface area contributed by atoms with Crippen LogP contribution in [0.4, 0.5) is 5.69 Å². The van der Waals surface area contributed by atoms with Crippen molar-refractivity contribution < 1.29 is 9.59 Å². The molecule has 0 fully saturated rings. The largest absolute Gasteiger partial charge is 0.325 e. The molecule has 0 aromatic heterocycles. The molecule has 0 aliphatic carbocycles. The molecule has 0 saturated carbocycles. The summed E-state index contributed by atoms with van der Waals surface area (Å²) in [4.78, 5) is 23.4. The molecule has 3 N–H and O–H groups in total. The van der Waals surface area contributed by atoms with Crippen LogP contribution in [0.15, 0.2) is 54.6 Å². The first-order valence-electron chi connectivity index (χ1n) is 6.77. The molecule has 1 atom stereocenters. The first-order chi connectivity index (χ1) is 10.1. The van der Waals surface area contributed by atoms with E-state index in [-0.39, 0.29) is 11.7 Å². The van der Waals surface area contributed by atoms with Crippen molar-refractivity contribution in [2.75, 3.05) is 5.32 Å². The number of anilines is 1. The summed E-state index contributed by atoms with van der Waals surface area (Å²) in [6, 6.07) is 15.8. The highest BCUT2D eigenvalue weighted by atomic mass is 16.2. The Morgan fingerprint density at radius 2 is 1.81 bits per heavy atom. The second-order valence-corrected chi connectivity index (χ2v) is 4.92. The fourth-order valence-corrected chi connectivity index (χ4v) is 2.01. The van der Waals surface area contributed by atoms with Crippen molar-refractivity contribution in [2.24, 2.45) is 5.73 Å². The van der Waals surface area contributed by atoms with Crippen LogP contribution in [-0.2, 0) is 11.2 Å². The Labute approximate surface area is 124 Å². The maximum absolute atomic E-state index is 12.1.